The van der Waals surface area contributed by atoms with Crippen LogP contribution in [0.4, 0.5) is 0 Å². The molecule has 2 rings (SSSR count). The SMILES string of the molecule is Cc1ccc(C(=O)CCC(=O)OCC(=O)N[C@@H](CC(C)C)c2ccccc2)cc1. The van der Waals surface area contributed by atoms with Crippen LogP contribution in [0.15, 0.2) is 54.6 Å². The number of ether oxygens (including phenoxy) is 1. The molecule has 0 saturated carbocycles. The number of carbonyl (C=O) groups is 3. The second-order valence-corrected chi connectivity index (χ2v) is 7.61. The number of carbonyl (C=O) groups excluding carboxylic acids is 3. The second-order valence-electron chi connectivity index (χ2n) is 7.61. The zero-order valence-corrected chi connectivity index (χ0v) is 17.3. The molecule has 5 nitrogen and oxygen atoms in total. The Balaban J connectivity index is 1.78. The largest absolute Gasteiger partial charge is 0.456 e. The smallest absolute Gasteiger partial charge is 0.306 e. The first-order valence-electron chi connectivity index (χ1n) is 9.95. The lowest BCUT2D eigenvalue weighted by Gasteiger charge is -2.21. The quantitative estimate of drug-likeness (QED) is 0.478. The highest BCUT2D eigenvalue weighted by Gasteiger charge is 2.17. The average Bonchev–Trinajstić information content (AvgIpc) is 2.71. The summed E-state index contributed by atoms with van der Waals surface area (Å²) in [6, 6.07) is 16.8. The molecule has 29 heavy (non-hydrogen) atoms. The Morgan fingerprint density at radius 2 is 1.59 bits per heavy atom. The fraction of sp³-hybridized carbons (Fsp3) is 0.375. The molecule has 5 heteroatoms. The molecule has 0 aromatic heterocycles. The Bertz CT molecular complexity index is 813. The van der Waals surface area contributed by atoms with Crippen molar-refractivity contribution in [2.24, 2.45) is 5.92 Å². The first kappa shape index (κ1) is 22.3. The minimum absolute atomic E-state index is 0.0475. The third-order valence-electron chi connectivity index (χ3n) is 4.54. The average molecular weight is 395 g/mol. The minimum Gasteiger partial charge on any atom is -0.456 e. The van der Waals surface area contributed by atoms with Gasteiger partial charge in [0.25, 0.3) is 5.91 Å². The number of aryl methyl sites for hydroxylation is 1. The van der Waals surface area contributed by atoms with Gasteiger partial charge in [-0.15, -0.1) is 0 Å². The molecule has 1 amide bonds. The van der Waals surface area contributed by atoms with Crippen molar-refractivity contribution >= 4 is 17.7 Å². The molecule has 1 N–H and O–H groups in total. The molecule has 0 saturated heterocycles. The number of Topliss-reactive ketones (excluding diaryl/α,β-unsaturated/α-hetero) is 1. The monoisotopic (exact) mass is 395 g/mol. The van der Waals surface area contributed by atoms with E-state index in [1.54, 1.807) is 12.1 Å². The van der Waals surface area contributed by atoms with Crippen LogP contribution in [0.3, 0.4) is 0 Å². The van der Waals surface area contributed by atoms with Crippen LogP contribution in [0.25, 0.3) is 0 Å². The summed E-state index contributed by atoms with van der Waals surface area (Å²) in [6.07, 6.45) is 0.798. The van der Waals surface area contributed by atoms with E-state index >= 15 is 0 Å². The van der Waals surface area contributed by atoms with Crippen molar-refractivity contribution in [2.75, 3.05) is 6.61 Å². The molecule has 0 bridgehead atoms. The number of amides is 1. The molecule has 0 aliphatic heterocycles. The molecule has 2 aromatic rings. The van der Waals surface area contributed by atoms with Crippen molar-refractivity contribution in [3.05, 3.63) is 71.3 Å². The maximum absolute atomic E-state index is 12.2. The summed E-state index contributed by atoms with van der Waals surface area (Å²) < 4.78 is 5.05. The predicted molar refractivity (Wildman–Crippen MR) is 112 cm³/mol. The summed E-state index contributed by atoms with van der Waals surface area (Å²) in [6.45, 7) is 5.78. The third-order valence-corrected chi connectivity index (χ3v) is 4.54. The van der Waals surface area contributed by atoms with Crippen LogP contribution in [0.2, 0.25) is 0 Å². The van der Waals surface area contributed by atoms with E-state index in [2.05, 4.69) is 19.2 Å². The standard InChI is InChI=1S/C24H29NO4/c1-17(2)15-21(19-7-5-4-6-8-19)25-23(27)16-29-24(28)14-13-22(26)20-11-9-18(3)10-12-20/h4-12,17,21H,13-16H2,1-3H3,(H,25,27)/t21-/m0/s1. The molecule has 0 fully saturated rings. The van der Waals surface area contributed by atoms with Gasteiger partial charge in [-0.1, -0.05) is 74.0 Å². The molecular weight excluding hydrogens is 366 g/mol. The highest BCUT2D eigenvalue weighted by molar-refractivity contribution is 5.97. The topological polar surface area (TPSA) is 72.5 Å². The number of hydrogen-bond donors (Lipinski definition) is 1. The number of nitrogens with one attached hydrogen (secondary N) is 1. The fourth-order valence-electron chi connectivity index (χ4n) is 2.99. The number of rotatable bonds is 10. The van der Waals surface area contributed by atoms with Gasteiger partial charge in [-0.3, -0.25) is 14.4 Å². The molecule has 0 radical (unpaired) electrons. The van der Waals surface area contributed by atoms with Crippen LogP contribution < -0.4 is 5.32 Å². The normalized spacial score (nSPS) is 11.7. The van der Waals surface area contributed by atoms with E-state index in [1.165, 1.54) is 0 Å². The van der Waals surface area contributed by atoms with E-state index in [1.807, 2.05) is 49.4 Å². The van der Waals surface area contributed by atoms with Crippen molar-refractivity contribution in [2.45, 2.75) is 46.1 Å². The summed E-state index contributed by atoms with van der Waals surface area (Å²) in [7, 11) is 0. The Labute approximate surface area is 172 Å². The number of esters is 1. The number of ketones is 1. The van der Waals surface area contributed by atoms with Gasteiger partial charge < -0.3 is 10.1 Å². The highest BCUT2D eigenvalue weighted by atomic mass is 16.5. The Kier molecular flexibility index (Phi) is 8.59. The molecule has 0 aliphatic rings. The molecular formula is C24H29NO4. The van der Waals surface area contributed by atoms with E-state index in [9.17, 15) is 14.4 Å². The van der Waals surface area contributed by atoms with E-state index in [-0.39, 0.29) is 37.2 Å². The Morgan fingerprint density at radius 1 is 0.931 bits per heavy atom. The minimum atomic E-state index is -0.555. The van der Waals surface area contributed by atoms with E-state index in [0.29, 0.717) is 11.5 Å². The van der Waals surface area contributed by atoms with Crippen molar-refractivity contribution in [3.63, 3.8) is 0 Å². The third kappa shape index (κ3) is 7.90. The van der Waals surface area contributed by atoms with Crippen LogP contribution in [0.1, 0.15) is 60.6 Å². The lowest BCUT2D eigenvalue weighted by atomic mass is 9.97. The van der Waals surface area contributed by atoms with Gasteiger partial charge >= 0.3 is 5.97 Å². The van der Waals surface area contributed by atoms with Crippen LogP contribution >= 0.6 is 0 Å². The van der Waals surface area contributed by atoms with Gasteiger partial charge in [0.2, 0.25) is 0 Å². The van der Waals surface area contributed by atoms with E-state index in [0.717, 1.165) is 17.5 Å². The summed E-state index contributed by atoms with van der Waals surface area (Å²) in [5.74, 6) is -0.623. The van der Waals surface area contributed by atoms with Crippen LogP contribution in [-0.2, 0) is 14.3 Å². The van der Waals surface area contributed by atoms with Crippen molar-refractivity contribution < 1.29 is 19.1 Å². The van der Waals surface area contributed by atoms with Crippen LogP contribution in [0, 0.1) is 12.8 Å². The maximum atomic E-state index is 12.2. The number of hydrogen-bond acceptors (Lipinski definition) is 4. The first-order valence-corrected chi connectivity index (χ1v) is 9.95. The number of benzene rings is 2. The summed E-state index contributed by atoms with van der Waals surface area (Å²) in [4.78, 5) is 36.3. The van der Waals surface area contributed by atoms with Gasteiger partial charge in [0.05, 0.1) is 12.5 Å². The van der Waals surface area contributed by atoms with Crippen molar-refractivity contribution in [1.82, 2.24) is 5.32 Å². The lowest BCUT2D eigenvalue weighted by Crippen LogP contribution is -2.33. The van der Waals surface area contributed by atoms with Crippen LogP contribution in [0.5, 0.6) is 0 Å². The van der Waals surface area contributed by atoms with Gasteiger partial charge in [0, 0.05) is 12.0 Å². The van der Waals surface area contributed by atoms with Gasteiger partial charge in [-0.25, -0.2) is 0 Å². The maximum Gasteiger partial charge on any atom is 0.306 e. The molecule has 154 valence electrons. The van der Waals surface area contributed by atoms with Crippen molar-refractivity contribution in [1.29, 1.82) is 0 Å². The molecule has 0 heterocycles. The lowest BCUT2D eigenvalue weighted by molar-refractivity contribution is -0.148. The van der Waals surface area contributed by atoms with Gasteiger partial charge in [-0.05, 0) is 24.8 Å². The molecule has 0 unspecified atom stereocenters. The molecule has 0 spiro atoms. The van der Waals surface area contributed by atoms with E-state index in [4.69, 9.17) is 4.74 Å². The summed E-state index contributed by atoms with van der Waals surface area (Å²) >= 11 is 0. The zero-order chi connectivity index (χ0) is 21.2. The Hall–Kier alpha value is -2.95. The second kappa shape index (κ2) is 11.1. The van der Waals surface area contributed by atoms with E-state index < -0.39 is 5.97 Å². The van der Waals surface area contributed by atoms with Gasteiger partial charge in [0.1, 0.15) is 0 Å². The molecule has 2 aromatic carbocycles. The van der Waals surface area contributed by atoms with Gasteiger partial charge in [-0.2, -0.15) is 0 Å². The predicted octanol–water partition coefficient (Wildman–Crippen LogP) is 4.40. The molecule has 1 atom stereocenters. The summed E-state index contributed by atoms with van der Waals surface area (Å²) in [5.41, 5.74) is 2.66. The fourth-order valence-corrected chi connectivity index (χ4v) is 2.99. The summed E-state index contributed by atoms with van der Waals surface area (Å²) in [5, 5.41) is 2.93. The van der Waals surface area contributed by atoms with Crippen molar-refractivity contribution in [3.8, 4) is 0 Å². The zero-order valence-electron chi connectivity index (χ0n) is 17.3. The Morgan fingerprint density at radius 3 is 2.21 bits per heavy atom. The van der Waals surface area contributed by atoms with Crippen LogP contribution in [-0.4, -0.2) is 24.3 Å². The molecule has 0 aliphatic carbocycles. The van der Waals surface area contributed by atoms with Gasteiger partial charge in [0.15, 0.2) is 12.4 Å². The first-order chi connectivity index (χ1) is 13.8. The highest BCUT2D eigenvalue weighted by Crippen LogP contribution is 2.21.